The third-order valence-corrected chi connectivity index (χ3v) is 5.34. The maximum atomic E-state index is 13.0. The summed E-state index contributed by atoms with van der Waals surface area (Å²) in [5.41, 5.74) is 2.38. The fourth-order valence-corrected chi connectivity index (χ4v) is 3.76. The van der Waals surface area contributed by atoms with Gasteiger partial charge in [0.15, 0.2) is 5.82 Å². The summed E-state index contributed by atoms with van der Waals surface area (Å²) in [7, 11) is 0. The number of fused-ring (bicyclic) bond motifs is 1. The Bertz CT molecular complexity index is 1300. The third kappa shape index (κ3) is 4.68. The number of ether oxygens (including phenoxy) is 1. The topological polar surface area (TPSA) is 108 Å². The van der Waals surface area contributed by atoms with Crippen LogP contribution in [0.4, 0.5) is 17.6 Å². The summed E-state index contributed by atoms with van der Waals surface area (Å²) < 4.78 is 5.85. The van der Waals surface area contributed by atoms with E-state index in [0.717, 1.165) is 17.1 Å². The number of para-hydroxylation sites is 1. The monoisotopic (exact) mass is 455 g/mol. The molecule has 2 aromatic heterocycles. The molecule has 1 aliphatic rings. The van der Waals surface area contributed by atoms with Crippen molar-refractivity contribution in [3.05, 3.63) is 83.7 Å². The molecule has 2 aromatic carbocycles. The molecule has 0 atom stereocenters. The van der Waals surface area contributed by atoms with Crippen molar-refractivity contribution < 1.29 is 9.53 Å². The normalized spacial score (nSPS) is 12.5. The van der Waals surface area contributed by atoms with Gasteiger partial charge in [0.25, 0.3) is 5.91 Å². The highest BCUT2D eigenvalue weighted by Crippen LogP contribution is 2.31. The van der Waals surface area contributed by atoms with Crippen molar-refractivity contribution in [1.82, 2.24) is 20.2 Å². The van der Waals surface area contributed by atoms with Crippen molar-refractivity contribution in [1.29, 1.82) is 0 Å². The van der Waals surface area contributed by atoms with Crippen molar-refractivity contribution >= 4 is 23.5 Å². The van der Waals surface area contributed by atoms with E-state index >= 15 is 0 Å². The summed E-state index contributed by atoms with van der Waals surface area (Å²) in [4.78, 5) is 23.9. The number of anilines is 3. The van der Waals surface area contributed by atoms with Crippen LogP contribution in [-0.2, 0) is 13.1 Å². The van der Waals surface area contributed by atoms with Crippen molar-refractivity contribution in [3.8, 4) is 11.5 Å². The molecule has 5 rings (SSSR count). The Balaban J connectivity index is 1.28. The van der Waals surface area contributed by atoms with Crippen LogP contribution in [0, 0.1) is 0 Å². The number of carbonyl (C=O) groups is 1. The third-order valence-electron chi connectivity index (χ3n) is 5.34. The minimum Gasteiger partial charge on any atom is -0.457 e. The van der Waals surface area contributed by atoms with E-state index in [1.54, 1.807) is 24.4 Å². The summed E-state index contributed by atoms with van der Waals surface area (Å²) in [6.45, 7) is 5.29. The molecule has 0 radical (unpaired) electrons. The van der Waals surface area contributed by atoms with Gasteiger partial charge in [-0.2, -0.15) is 10.1 Å². The molecule has 9 heteroatoms. The van der Waals surface area contributed by atoms with Gasteiger partial charge in [0.05, 0.1) is 18.8 Å². The Morgan fingerprint density at radius 1 is 1.06 bits per heavy atom. The molecule has 9 nitrogen and oxygen atoms in total. The number of aromatic amines is 1. The Labute approximate surface area is 197 Å². The number of aromatic nitrogens is 4. The average molecular weight is 456 g/mol. The van der Waals surface area contributed by atoms with E-state index in [4.69, 9.17) is 4.74 Å². The molecule has 0 fully saturated rings. The molecular formula is C25H25N7O2. The van der Waals surface area contributed by atoms with Crippen LogP contribution in [0.3, 0.4) is 0 Å². The van der Waals surface area contributed by atoms with Crippen LogP contribution in [0.1, 0.15) is 35.5 Å². The van der Waals surface area contributed by atoms with Crippen molar-refractivity contribution in [2.75, 3.05) is 15.5 Å². The molecule has 0 saturated heterocycles. The highest BCUT2D eigenvalue weighted by atomic mass is 16.5. The van der Waals surface area contributed by atoms with Gasteiger partial charge in [0, 0.05) is 23.4 Å². The molecule has 4 aromatic rings. The van der Waals surface area contributed by atoms with Crippen LogP contribution in [-0.4, -0.2) is 32.1 Å². The zero-order valence-electron chi connectivity index (χ0n) is 18.9. The number of amides is 1. The molecule has 0 aliphatic carbocycles. The number of carbonyl (C=O) groups excluding carboxylic acids is 1. The molecule has 34 heavy (non-hydrogen) atoms. The predicted molar refractivity (Wildman–Crippen MR) is 130 cm³/mol. The number of hydrogen-bond donors (Lipinski definition) is 3. The fourth-order valence-electron chi connectivity index (χ4n) is 3.76. The van der Waals surface area contributed by atoms with Gasteiger partial charge >= 0.3 is 0 Å². The van der Waals surface area contributed by atoms with Crippen LogP contribution in [0.2, 0.25) is 0 Å². The van der Waals surface area contributed by atoms with E-state index in [2.05, 4.69) is 35.7 Å². The molecule has 0 unspecified atom stereocenters. The van der Waals surface area contributed by atoms with Crippen LogP contribution in [0.25, 0.3) is 0 Å². The summed E-state index contributed by atoms with van der Waals surface area (Å²) in [6.07, 6.45) is 1.74. The second-order valence-electron chi connectivity index (χ2n) is 8.32. The van der Waals surface area contributed by atoms with E-state index < -0.39 is 0 Å². The fraction of sp³-hybridized carbons (Fsp3) is 0.200. The molecule has 3 N–H and O–H groups in total. The van der Waals surface area contributed by atoms with Gasteiger partial charge in [0.1, 0.15) is 17.3 Å². The molecule has 0 saturated carbocycles. The highest BCUT2D eigenvalue weighted by Gasteiger charge is 2.27. The van der Waals surface area contributed by atoms with E-state index in [9.17, 15) is 4.79 Å². The first kappa shape index (κ1) is 21.4. The second-order valence-corrected chi connectivity index (χ2v) is 8.32. The molecule has 0 bridgehead atoms. The van der Waals surface area contributed by atoms with Crippen molar-refractivity contribution in [3.63, 3.8) is 0 Å². The zero-order valence-corrected chi connectivity index (χ0v) is 18.9. The number of benzene rings is 2. The van der Waals surface area contributed by atoms with Crippen molar-refractivity contribution in [2.45, 2.75) is 33.0 Å². The van der Waals surface area contributed by atoms with Crippen LogP contribution in [0.5, 0.6) is 11.5 Å². The lowest BCUT2D eigenvalue weighted by atomic mass is 10.2. The first-order chi connectivity index (χ1) is 16.5. The van der Waals surface area contributed by atoms with E-state index in [-0.39, 0.29) is 11.9 Å². The van der Waals surface area contributed by atoms with Gasteiger partial charge in [-0.1, -0.05) is 24.3 Å². The number of H-pyrrole nitrogens is 1. The Kier molecular flexibility index (Phi) is 5.82. The smallest absolute Gasteiger partial charge is 0.257 e. The second kappa shape index (κ2) is 9.22. The van der Waals surface area contributed by atoms with Crippen molar-refractivity contribution in [2.24, 2.45) is 0 Å². The minimum absolute atomic E-state index is 0.240. The molecule has 1 amide bonds. The average Bonchev–Trinajstić information content (AvgIpc) is 3.42. The van der Waals surface area contributed by atoms with Crippen LogP contribution in [0.15, 0.2) is 66.9 Å². The van der Waals surface area contributed by atoms with Gasteiger partial charge in [-0.3, -0.25) is 9.89 Å². The number of nitrogens with zero attached hydrogens (tertiary/aromatic N) is 4. The van der Waals surface area contributed by atoms with E-state index in [1.165, 1.54) is 0 Å². The largest absolute Gasteiger partial charge is 0.457 e. The molecule has 1 aliphatic heterocycles. The maximum absolute atomic E-state index is 13.0. The van der Waals surface area contributed by atoms with Gasteiger partial charge < -0.3 is 20.3 Å². The first-order valence-electron chi connectivity index (χ1n) is 11.1. The number of nitrogens with one attached hydrogen (secondary N) is 3. The molecule has 172 valence electrons. The lowest BCUT2D eigenvalue weighted by Gasteiger charge is -2.18. The Hall–Kier alpha value is -4.40. The number of rotatable bonds is 7. The maximum Gasteiger partial charge on any atom is 0.257 e. The quantitative estimate of drug-likeness (QED) is 0.374. The number of hydrogen-bond acceptors (Lipinski definition) is 7. The van der Waals surface area contributed by atoms with Gasteiger partial charge in [0.2, 0.25) is 5.95 Å². The molecule has 3 heterocycles. The summed E-state index contributed by atoms with van der Waals surface area (Å²) in [6, 6.07) is 18.6. The standard InChI is InChI=1S/C25H25N7O2/c1-16(2)27-25-26-12-11-22(28-25)32-14-20-21(15-32)30-31-23(20)29-24(33)17-7-6-10-19(13-17)34-18-8-4-3-5-9-18/h3-13,16H,14-15H2,1-2H3,(H,26,27,28)(H2,29,30,31,33). The van der Waals surface area contributed by atoms with E-state index in [0.29, 0.717) is 41.9 Å². The van der Waals surface area contributed by atoms with Crippen LogP contribution >= 0.6 is 0 Å². The lowest BCUT2D eigenvalue weighted by Crippen LogP contribution is -2.20. The molecule has 0 spiro atoms. The summed E-state index contributed by atoms with van der Waals surface area (Å²) in [5.74, 6) is 2.97. The zero-order chi connectivity index (χ0) is 23.5. The van der Waals surface area contributed by atoms with Crippen LogP contribution < -0.4 is 20.3 Å². The lowest BCUT2D eigenvalue weighted by molar-refractivity contribution is 0.102. The first-order valence-corrected chi connectivity index (χ1v) is 11.1. The summed E-state index contributed by atoms with van der Waals surface area (Å²) >= 11 is 0. The Morgan fingerprint density at radius 3 is 2.71 bits per heavy atom. The Morgan fingerprint density at radius 2 is 1.88 bits per heavy atom. The SMILES string of the molecule is CC(C)Nc1nccc(N2Cc3[nH]nc(NC(=O)c4cccc(Oc5ccccc5)c4)c3C2)n1. The van der Waals surface area contributed by atoms with Gasteiger partial charge in [-0.15, -0.1) is 0 Å². The highest BCUT2D eigenvalue weighted by molar-refractivity contribution is 6.04. The van der Waals surface area contributed by atoms with E-state index in [1.807, 2.05) is 56.3 Å². The van der Waals surface area contributed by atoms with Gasteiger partial charge in [-0.05, 0) is 50.2 Å². The minimum atomic E-state index is -0.253. The summed E-state index contributed by atoms with van der Waals surface area (Å²) in [5, 5.41) is 13.5. The molecular weight excluding hydrogens is 430 g/mol. The van der Waals surface area contributed by atoms with Gasteiger partial charge in [-0.25, -0.2) is 4.98 Å². The predicted octanol–water partition coefficient (Wildman–Crippen LogP) is 4.58.